The second kappa shape index (κ2) is 8.47. The van der Waals surface area contributed by atoms with Crippen LogP contribution in [0.15, 0.2) is 24.3 Å². The number of aromatic nitrogens is 2. The van der Waals surface area contributed by atoms with E-state index in [2.05, 4.69) is 20.4 Å². The van der Waals surface area contributed by atoms with Crippen LogP contribution in [0.3, 0.4) is 0 Å². The van der Waals surface area contributed by atoms with Crippen molar-refractivity contribution in [1.29, 1.82) is 0 Å². The molecule has 0 radical (unpaired) electrons. The summed E-state index contributed by atoms with van der Waals surface area (Å²) >= 11 is 5.95. The van der Waals surface area contributed by atoms with Crippen molar-refractivity contribution in [1.82, 2.24) is 20.4 Å². The molecule has 0 aliphatic carbocycles. The topological polar surface area (TPSA) is 70.2 Å². The molecule has 134 valence electrons. The van der Waals surface area contributed by atoms with Gasteiger partial charge in [0.05, 0.1) is 25.3 Å². The van der Waals surface area contributed by atoms with Crippen molar-refractivity contribution in [3.8, 4) is 11.3 Å². The first-order valence-electron chi connectivity index (χ1n) is 8.50. The number of rotatable bonds is 6. The first-order chi connectivity index (χ1) is 12.1. The van der Waals surface area contributed by atoms with Gasteiger partial charge in [-0.15, -0.1) is 0 Å². The van der Waals surface area contributed by atoms with Gasteiger partial charge in [-0.2, -0.15) is 5.10 Å². The molecule has 1 saturated heterocycles. The standard InChI is InChI=1S/C18H23ClN4O2/c1-13-16(18(22-21-13)14-2-4-15(19)5-3-14)12-17(24)20-6-7-23-8-10-25-11-9-23/h2-5H,6-12H2,1H3,(H,20,24)(H,21,22). The fourth-order valence-electron chi connectivity index (χ4n) is 2.92. The van der Waals surface area contributed by atoms with Gasteiger partial charge in [-0.25, -0.2) is 0 Å². The molecule has 0 atom stereocenters. The van der Waals surface area contributed by atoms with Gasteiger partial charge in [0.25, 0.3) is 0 Å². The van der Waals surface area contributed by atoms with Crippen LogP contribution in [0, 0.1) is 6.92 Å². The van der Waals surface area contributed by atoms with E-state index in [1.54, 1.807) is 0 Å². The van der Waals surface area contributed by atoms with Crippen molar-refractivity contribution in [2.24, 2.45) is 0 Å². The smallest absolute Gasteiger partial charge is 0.224 e. The van der Waals surface area contributed by atoms with E-state index in [9.17, 15) is 4.79 Å². The highest BCUT2D eigenvalue weighted by Gasteiger charge is 2.16. The number of ether oxygens (including phenoxy) is 1. The molecule has 1 aromatic heterocycles. The van der Waals surface area contributed by atoms with E-state index in [4.69, 9.17) is 16.3 Å². The minimum absolute atomic E-state index is 0.00738. The minimum atomic E-state index is 0.00738. The number of hydrogen-bond donors (Lipinski definition) is 2. The normalized spacial score (nSPS) is 15.3. The van der Waals surface area contributed by atoms with Gasteiger partial charge in [-0.1, -0.05) is 23.7 Å². The molecule has 2 heterocycles. The molecule has 6 nitrogen and oxygen atoms in total. The summed E-state index contributed by atoms with van der Waals surface area (Å²) in [5.74, 6) is 0.00738. The highest BCUT2D eigenvalue weighted by Crippen LogP contribution is 2.25. The lowest BCUT2D eigenvalue weighted by Gasteiger charge is -2.26. The van der Waals surface area contributed by atoms with Gasteiger partial charge < -0.3 is 10.1 Å². The molecule has 0 spiro atoms. The maximum Gasteiger partial charge on any atom is 0.224 e. The Morgan fingerprint density at radius 1 is 1.32 bits per heavy atom. The van der Waals surface area contributed by atoms with Crippen LogP contribution in [0.4, 0.5) is 0 Å². The summed E-state index contributed by atoms with van der Waals surface area (Å²) in [7, 11) is 0. The van der Waals surface area contributed by atoms with Crippen molar-refractivity contribution >= 4 is 17.5 Å². The second-order valence-corrected chi connectivity index (χ2v) is 6.60. The molecule has 0 saturated carbocycles. The maximum absolute atomic E-state index is 12.3. The summed E-state index contributed by atoms with van der Waals surface area (Å²) < 4.78 is 5.33. The number of carbonyl (C=O) groups excluding carboxylic acids is 1. The number of morpholine rings is 1. The first kappa shape index (κ1) is 17.9. The third-order valence-electron chi connectivity index (χ3n) is 4.38. The van der Waals surface area contributed by atoms with Crippen molar-refractivity contribution in [3.63, 3.8) is 0 Å². The number of aryl methyl sites for hydroxylation is 1. The Labute approximate surface area is 152 Å². The van der Waals surface area contributed by atoms with Gasteiger partial charge in [-0.3, -0.25) is 14.8 Å². The summed E-state index contributed by atoms with van der Waals surface area (Å²) in [6, 6.07) is 7.48. The lowest BCUT2D eigenvalue weighted by molar-refractivity contribution is -0.120. The fourth-order valence-corrected chi connectivity index (χ4v) is 3.04. The molecule has 1 amide bonds. The monoisotopic (exact) mass is 362 g/mol. The zero-order valence-corrected chi connectivity index (χ0v) is 15.1. The zero-order chi connectivity index (χ0) is 17.6. The number of benzene rings is 1. The summed E-state index contributed by atoms with van der Waals surface area (Å²) in [5, 5.41) is 11.0. The van der Waals surface area contributed by atoms with Crippen LogP contribution in [-0.2, 0) is 16.0 Å². The number of nitrogens with zero attached hydrogens (tertiary/aromatic N) is 2. The number of hydrogen-bond acceptors (Lipinski definition) is 4. The van der Waals surface area contributed by atoms with Gasteiger partial charge in [0.15, 0.2) is 0 Å². The number of aromatic amines is 1. The molecule has 7 heteroatoms. The van der Waals surface area contributed by atoms with Gasteiger partial charge in [0.1, 0.15) is 0 Å². The third-order valence-corrected chi connectivity index (χ3v) is 4.63. The van der Waals surface area contributed by atoms with E-state index in [0.29, 0.717) is 18.0 Å². The van der Waals surface area contributed by atoms with E-state index >= 15 is 0 Å². The molecule has 0 unspecified atom stereocenters. The number of nitrogens with one attached hydrogen (secondary N) is 2. The van der Waals surface area contributed by atoms with E-state index < -0.39 is 0 Å². The summed E-state index contributed by atoms with van der Waals surface area (Å²) in [6.07, 6.45) is 0.309. The van der Waals surface area contributed by atoms with Crippen LogP contribution in [0.2, 0.25) is 5.02 Å². The highest BCUT2D eigenvalue weighted by atomic mass is 35.5. The minimum Gasteiger partial charge on any atom is -0.379 e. The van der Waals surface area contributed by atoms with E-state index in [-0.39, 0.29) is 5.91 Å². The Hall–Kier alpha value is -1.89. The number of H-pyrrole nitrogens is 1. The molecule has 25 heavy (non-hydrogen) atoms. The summed E-state index contributed by atoms with van der Waals surface area (Å²) in [6.45, 7) is 6.83. The van der Waals surface area contributed by atoms with Crippen molar-refractivity contribution in [2.45, 2.75) is 13.3 Å². The lowest BCUT2D eigenvalue weighted by atomic mass is 10.0. The van der Waals surface area contributed by atoms with Crippen LogP contribution in [0.1, 0.15) is 11.3 Å². The average Bonchev–Trinajstić information content (AvgIpc) is 2.97. The molecule has 1 aromatic carbocycles. The van der Waals surface area contributed by atoms with Crippen LogP contribution < -0.4 is 5.32 Å². The number of carbonyl (C=O) groups is 1. The van der Waals surface area contributed by atoms with Gasteiger partial charge in [0.2, 0.25) is 5.91 Å². The van der Waals surface area contributed by atoms with Gasteiger partial charge in [0, 0.05) is 48.0 Å². The molecule has 3 rings (SSSR count). The highest BCUT2D eigenvalue weighted by molar-refractivity contribution is 6.30. The summed E-state index contributed by atoms with van der Waals surface area (Å²) in [5.41, 5.74) is 3.59. The van der Waals surface area contributed by atoms with Crippen LogP contribution in [0.5, 0.6) is 0 Å². The van der Waals surface area contributed by atoms with Gasteiger partial charge >= 0.3 is 0 Å². The van der Waals surface area contributed by atoms with Crippen molar-refractivity contribution in [3.05, 3.63) is 40.5 Å². The Balaban J connectivity index is 1.57. The molecule has 1 aliphatic heterocycles. The SMILES string of the molecule is Cc1[nH]nc(-c2ccc(Cl)cc2)c1CC(=O)NCCN1CCOCC1. The molecule has 2 N–H and O–H groups in total. The fraction of sp³-hybridized carbons (Fsp3) is 0.444. The molecular formula is C18H23ClN4O2. The van der Waals surface area contributed by atoms with Crippen molar-refractivity contribution < 1.29 is 9.53 Å². The first-order valence-corrected chi connectivity index (χ1v) is 8.88. The Morgan fingerprint density at radius 3 is 2.76 bits per heavy atom. The quantitative estimate of drug-likeness (QED) is 0.825. The van der Waals surface area contributed by atoms with Crippen LogP contribution in [0.25, 0.3) is 11.3 Å². The van der Waals surface area contributed by atoms with E-state index in [0.717, 1.165) is 55.4 Å². The van der Waals surface area contributed by atoms with Crippen LogP contribution >= 0.6 is 11.6 Å². The predicted octanol–water partition coefficient (Wildman–Crippen LogP) is 2.03. The zero-order valence-electron chi connectivity index (χ0n) is 14.3. The van der Waals surface area contributed by atoms with Crippen LogP contribution in [-0.4, -0.2) is 60.4 Å². The Kier molecular flexibility index (Phi) is 6.07. The molecule has 2 aromatic rings. The largest absolute Gasteiger partial charge is 0.379 e. The van der Waals surface area contributed by atoms with E-state index in [1.807, 2.05) is 31.2 Å². The molecule has 1 fully saturated rings. The number of halogens is 1. The summed E-state index contributed by atoms with van der Waals surface area (Å²) in [4.78, 5) is 14.6. The van der Waals surface area contributed by atoms with E-state index in [1.165, 1.54) is 0 Å². The average molecular weight is 363 g/mol. The third kappa shape index (κ3) is 4.81. The Morgan fingerprint density at radius 2 is 2.04 bits per heavy atom. The molecule has 1 aliphatic rings. The molecular weight excluding hydrogens is 340 g/mol. The van der Waals surface area contributed by atoms with Gasteiger partial charge in [-0.05, 0) is 19.1 Å². The predicted molar refractivity (Wildman–Crippen MR) is 97.7 cm³/mol. The second-order valence-electron chi connectivity index (χ2n) is 6.16. The Bertz CT molecular complexity index is 708. The number of amides is 1. The van der Waals surface area contributed by atoms with Crippen molar-refractivity contribution in [2.75, 3.05) is 39.4 Å². The lowest BCUT2D eigenvalue weighted by Crippen LogP contribution is -2.41. The molecule has 0 bridgehead atoms. The maximum atomic E-state index is 12.3.